The number of nitrogens with zero attached hydrogens (tertiary/aromatic N) is 1. The van der Waals surface area contributed by atoms with Crippen LogP contribution >= 0.6 is 11.6 Å². The van der Waals surface area contributed by atoms with E-state index in [-0.39, 0.29) is 5.78 Å². The first-order valence-electron chi connectivity index (χ1n) is 12.1. The average Bonchev–Trinajstić information content (AvgIpc) is 2.89. The molecule has 204 valence electrons. The van der Waals surface area contributed by atoms with Crippen LogP contribution in [0.3, 0.4) is 0 Å². The predicted molar refractivity (Wildman–Crippen MR) is 142 cm³/mol. The summed E-state index contributed by atoms with van der Waals surface area (Å²) < 4.78 is 11.3. The fraction of sp³-hybridized carbons (Fsp3) is 0.357. The number of carbonyl (C=O) groups is 4. The smallest absolute Gasteiger partial charge is 0.349 e. The zero-order valence-electron chi connectivity index (χ0n) is 21.4. The molecule has 3 rings (SSSR count). The highest BCUT2D eigenvalue weighted by Gasteiger charge is 2.32. The molecule has 2 aromatic rings. The molecule has 0 saturated carbocycles. The Morgan fingerprint density at radius 3 is 1.87 bits per heavy atom. The molecule has 1 aliphatic heterocycles. The Bertz CT molecular complexity index is 1100. The molecule has 1 fully saturated rings. The molecule has 2 N–H and O–H groups in total. The number of ketones is 1. The van der Waals surface area contributed by atoms with Gasteiger partial charge in [-0.1, -0.05) is 18.0 Å². The molecule has 0 atom stereocenters. The maximum Gasteiger partial charge on any atom is 0.349 e. The van der Waals surface area contributed by atoms with Gasteiger partial charge >= 0.3 is 17.9 Å². The minimum Gasteiger partial charge on any atom is -0.478 e. The number of hydrogen-bond acceptors (Lipinski definition) is 7. The molecule has 9 nitrogen and oxygen atoms in total. The van der Waals surface area contributed by atoms with Crippen molar-refractivity contribution in [3.05, 3.63) is 76.8 Å². The van der Waals surface area contributed by atoms with Crippen molar-refractivity contribution in [2.45, 2.75) is 38.7 Å². The summed E-state index contributed by atoms with van der Waals surface area (Å²) in [6.07, 6.45) is 4.81. The van der Waals surface area contributed by atoms with Gasteiger partial charge in [0.2, 0.25) is 0 Å². The van der Waals surface area contributed by atoms with Crippen molar-refractivity contribution in [1.82, 2.24) is 4.90 Å². The molecule has 1 heterocycles. The SMILES string of the molecule is CC(C)(Oc1ccc(C(=O)c2ccc(Cl)cc2)cc1)C(=O)OCCN1CCCCC1.O=C(O)/C=C/C(=O)O. The lowest BCUT2D eigenvalue weighted by Gasteiger charge is -2.28. The maximum absolute atomic E-state index is 12.5. The van der Waals surface area contributed by atoms with Crippen LogP contribution in [0.1, 0.15) is 49.0 Å². The number of hydrogen-bond donors (Lipinski definition) is 2. The molecule has 0 amide bonds. The van der Waals surface area contributed by atoms with E-state index in [0.717, 1.165) is 19.6 Å². The summed E-state index contributed by atoms with van der Waals surface area (Å²) in [7, 11) is 0. The van der Waals surface area contributed by atoms with Crippen molar-refractivity contribution < 1.29 is 38.9 Å². The van der Waals surface area contributed by atoms with Crippen LogP contribution < -0.4 is 4.74 Å². The molecule has 0 aromatic heterocycles. The minimum atomic E-state index is -1.26. The number of rotatable bonds is 10. The third kappa shape index (κ3) is 10.7. The second-order valence-corrected chi connectivity index (χ2v) is 9.46. The summed E-state index contributed by atoms with van der Waals surface area (Å²) in [5, 5.41) is 16.2. The van der Waals surface area contributed by atoms with Crippen LogP contribution in [0.4, 0.5) is 0 Å². The zero-order valence-corrected chi connectivity index (χ0v) is 22.1. The minimum absolute atomic E-state index is 0.102. The molecule has 0 aliphatic carbocycles. The van der Waals surface area contributed by atoms with Crippen LogP contribution in [0.15, 0.2) is 60.7 Å². The number of likely N-dealkylation sites (tertiary alicyclic amines) is 1. The van der Waals surface area contributed by atoms with Crippen LogP contribution in [0.5, 0.6) is 5.75 Å². The van der Waals surface area contributed by atoms with E-state index in [0.29, 0.717) is 40.7 Å². The van der Waals surface area contributed by atoms with Gasteiger partial charge in [0.25, 0.3) is 0 Å². The van der Waals surface area contributed by atoms with E-state index in [2.05, 4.69) is 4.90 Å². The first-order valence-corrected chi connectivity index (χ1v) is 12.5. The van der Waals surface area contributed by atoms with Gasteiger partial charge in [-0.3, -0.25) is 9.69 Å². The number of ether oxygens (including phenoxy) is 2. The van der Waals surface area contributed by atoms with Gasteiger partial charge in [0.15, 0.2) is 11.4 Å². The predicted octanol–water partition coefficient (Wildman–Crippen LogP) is 4.47. The Hall–Kier alpha value is -3.69. The second-order valence-electron chi connectivity index (χ2n) is 9.02. The van der Waals surface area contributed by atoms with Gasteiger partial charge in [-0.25, -0.2) is 14.4 Å². The Kier molecular flexibility index (Phi) is 12.0. The van der Waals surface area contributed by atoms with Crippen LogP contribution in [-0.4, -0.2) is 70.6 Å². The molecule has 1 saturated heterocycles. The second kappa shape index (κ2) is 14.9. The van der Waals surface area contributed by atoms with E-state index in [4.69, 9.17) is 31.3 Å². The molecule has 2 aromatic carbocycles. The van der Waals surface area contributed by atoms with Crippen molar-refractivity contribution in [3.8, 4) is 5.75 Å². The largest absolute Gasteiger partial charge is 0.478 e. The van der Waals surface area contributed by atoms with Crippen LogP contribution in [0.25, 0.3) is 0 Å². The summed E-state index contributed by atoms with van der Waals surface area (Å²) in [5.41, 5.74) is -0.0267. The molecule has 0 unspecified atom stereocenters. The maximum atomic E-state index is 12.5. The molecular weight excluding hydrogens is 514 g/mol. The third-order valence-corrected chi connectivity index (χ3v) is 5.80. The standard InChI is InChI=1S/C24H28ClNO4.C4H4O4/c1-24(2,23(28)29-17-16-26-14-4-3-5-15-26)30-21-12-8-19(9-13-21)22(27)18-6-10-20(25)11-7-18;5-3(6)1-2-4(7)8/h6-13H,3-5,14-17H2,1-2H3;1-2H,(H,5,6)(H,7,8)/b;2-1+. The Balaban J connectivity index is 0.000000550. The summed E-state index contributed by atoms with van der Waals surface area (Å²) in [6.45, 7) is 6.62. The highest BCUT2D eigenvalue weighted by Crippen LogP contribution is 2.22. The first kappa shape index (κ1) is 30.5. The van der Waals surface area contributed by atoms with E-state index < -0.39 is 23.5 Å². The number of aliphatic carboxylic acids is 2. The quantitative estimate of drug-likeness (QED) is 0.252. The third-order valence-electron chi connectivity index (χ3n) is 5.55. The molecule has 0 bridgehead atoms. The molecule has 0 spiro atoms. The number of halogens is 1. The van der Waals surface area contributed by atoms with Crippen molar-refractivity contribution in [2.75, 3.05) is 26.2 Å². The fourth-order valence-corrected chi connectivity index (χ4v) is 3.67. The number of esters is 1. The highest BCUT2D eigenvalue weighted by atomic mass is 35.5. The van der Waals surface area contributed by atoms with Crippen molar-refractivity contribution in [3.63, 3.8) is 0 Å². The average molecular weight is 546 g/mol. The monoisotopic (exact) mass is 545 g/mol. The van der Waals surface area contributed by atoms with Crippen molar-refractivity contribution in [1.29, 1.82) is 0 Å². The Morgan fingerprint density at radius 2 is 1.37 bits per heavy atom. The van der Waals surface area contributed by atoms with Gasteiger partial charge in [0.1, 0.15) is 12.4 Å². The number of carbonyl (C=O) groups excluding carboxylic acids is 2. The molecule has 38 heavy (non-hydrogen) atoms. The lowest BCUT2D eigenvalue weighted by molar-refractivity contribution is -0.159. The Morgan fingerprint density at radius 1 is 0.868 bits per heavy atom. The summed E-state index contributed by atoms with van der Waals surface area (Å²) >= 11 is 5.87. The van der Waals surface area contributed by atoms with Gasteiger partial charge in [-0.05, 0) is 88.3 Å². The molecule has 1 aliphatic rings. The molecule has 0 radical (unpaired) electrons. The normalized spacial score (nSPS) is 13.8. The molecular formula is C28H32ClNO8. The van der Waals surface area contributed by atoms with E-state index >= 15 is 0 Å². The van der Waals surface area contributed by atoms with Gasteiger partial charge in [-0.2, -0.15) is 0 Å². The number of piperidine rings is 1. The van der Waals surface area contributed by atoms with Gasteiger partial charge in [0, 0.05) is 34.8 Å². The Labute approximate surface area is 226 Å². The van der Waals surface area contributed by atoms with Gasteiger partial charge in [0.05, 0.1) is 0 Å². The van der Waals surface area contributed by atoms with Crippen molar-refractivity contribution in [2.24, 2.45) is 0 Å². The van der Waals surface area contributed by atoms with Gasteiger partial charge < -0.3 is 19.7 Å². The zero-order chi connectivity index (χ0) is 28.1. The lowest BCUT2D eigenvalue weighted by atomic mass is 10.0. The topological polar surface area (TPSA) is 130 Å². The fourth-order valence-electron chi connectivity index (χ4n) is 3.55. The van der Waals surface area contributed by atoms with Crippen molar-refractivity contribution >= 4 is 35.3 Å². The van der Waals surface area contributed by atoms with E-state index in [1.807, 2.05) is 0 Å². The highest BCUT2D eigenvalue weighted by molar-refractivity contribution is 6.30. The first-order chi connectivity index (χ1) is 18.0. The van der Waals surface area contributed by atoms with E-state index in [1.54, 1.807) is 62.4 Å². The van der Waals surface area contributed by atoms with Crippen LogP contribution in [0, 0.1) is 0 Å². The number of benzene rings is 2. The van der Waals surface area contributed by atoms with Gasteiger partial charge in [-0.15, -0.1) is 0 Å². The van der Waals surface area contributed by atoms with Crippen LogP contribution in [-0.2, 0) is 19.1 Å². The van der Waals surface area contributed by atoms with Crippen LogP contribution in [0.2, 0.25) is 5.02 Å². The summed E-state index contributed by atoms with van der Waals surface area (Å²) in [5.74, 6) is -2.52. The number of carboxylic acid groups (broad SMARTS) is 2. The number of carboxylic acids is 2. The molecule has 10 heteroatoms. The summed E-state index contributed by atoms with van der Waals surface area (Å²) in [4.78, 5) is 46.4. The summed E-state index contributed by atoms with van der Waals surface area (Å²) in [6, 6.07) is 13.5. The van der Waals surface area contributed by atoms with E-state index in [9.17, 15) is 19.2 Å². The lowest BCUT2D eigenvalue weighted by Crippen LogP contribution is -2.41. The van der Waals surface area contributed by atoms with E-state index in [1.165, 1.54) is 19.3 Å².